The number of ketones is 1. The van der Waals surface area contributed by atoms with Crippen LogP contribution in [0.2, 0.25) is 0 Å². The molecule has 1 aliphatic heterocycles. The molecule has 0 spiro atoms. The zero-order valence-electron chi connectivity index (χ0n) is 6.39. The lowest BCUT2D eigenvalue weighted by atomic mass is 9.94. The minimum atomic E-state index is 0.301. The molecule has 1 aliphatic carbocycles. The van der Waals surface area contributed by atoms with Crippen LogP contribution >= 0.6 is 0 Å². The van der Waals surface area contributed by atoms with E-state index in [0.717, 1.165) is 30.7 Å². The van der Waals surface area contributed by atoms with Crippen molar-refractivity contribution in [3.05, 3.63) is 23.4 Å². The van der Waals surface area contributed by atoms with Crippen LogP contribution in [-0.4, -0.2) is 12.3 Å². The number of allylic oxidation sites excluding steroid dienone is 3. The Morgan fingerprint density at radius 2 is 2.36 bits per heavy atom. The highest BCUT2D eigenvalue weighted by Crippen LogP contribution is 2.21. The lowest BCUT2D eigenvalue weighted by molar-refractivity contribution is -0.115. The largest absolute Gasteiger partial charge is 0.385 e. The molecule has 2 aliphatic rings. The first-order chi connectivity index (χ1) is 5.38. The van der Waals surface area contributed by atoms with E-state index in [1.807, 2.05) is 12.2 Å². The molecule has 0 saturated heterocycles. The van der Waals surface area contributed by atoms with Gasteiger partial charge in [-0.15, -0.1) is 0 Å². The third kappa shape index (κ3) is 1.09. The molecule has 0 saturated carbocycles. The highest BCUT2D eigenvalue weighted by Gasteiger charge is 2.18. The van der Waals surface area contributed by atoms with Gasteiger partial charge >= 0.3 is 0 Å². The van der Waals surface area contributed by atoms with Crippen LogP contribution in [0.3, 0.4) is 0 Å². The van der Waals surface area contributed by atoms with Crippen molar-refractivity contribution in [2.45, 2.75) is 19.3 Å². The zero-order valence-corrected chi connectivity index (χ0v) is 6.39. The van der Waals surface area contributed by atoms with E-state index in [9.17, 15) is 4.79 Å². The van der Waals surface area contributed by atoms with Crippen molar-refractivity contribution in [3.8, 4) is 0 Å². The summed E-state index contributed by atoms with van der Waals surface area (Å²) >= 11 is 0. The molecular weight excluding hydrogens is 138 g/mol. The molecule has 1 heterocycles. The molecule has 0 unspecified atom stereocenters. The molecule has 0 radical (unpaired) electrons. The average molecular weight is 149 g/mol. The minimum absolute atomic E-state index is 0.301. The Morgan fingerprint density at radius 3 is 3.18 bits per heavy atom. The lowest BCUT2D eigenvalue weighted by Crippen LogP contribution is -2.25. The lowest BCUT2D eigenvalue weighted by Gasteiger charge is -2.21. The van der Waals surface area contributed by atoms with Crippen LogP contribution in [0.5, 0.6) is 0 Å². The summed E-state index contributed by atoms with van der Waals surface area (Å²) in [6, 6.07) is 0. The molecule has 0 aromatic heterocycles. The second-order valence-electron chi connectivity index (χ2n) is 2.95. The molecule has 0 amide bonds. The van der Waals surface area contributed by atoms with E-state index in [2.05, 4.69) is 5.32 Å². The van der Waals surface area contributed by atoms with Crippen molar-refractivity contribution < 1.29 is 4.79 Å². The van der Waals surface area contributed by atoms with Gasteiger partial charge in [0, 0.05) is 24.2 Å². The summed E-state index contributed by atoms with van der Waals surface area (Å²) in [6.45, 7) is 1.01. The summed E-state index contributed by atoms with van der Waals surface area (Å²) in [5.41, 5.74) is 2.08. The van der Waals surface area contributed by atoms with Crippen LogP contribution in [0.1, 0.15) is 19.3 Å². The Balaban J connectivity index is 2.35. The van der Waals surface area contributed by atoms with Gasteiger partial charge in [-0.2, -0.15) is 0 Å². The van der Waals surface area contributed by atoms with E-state index in [0.29, 0.717) is 12.2 Å². The Labute approximate surface area is 66.0 Å². The molecule has 2 rings (SSSR count). The number of carbonyl (C=O) groups excluding carboxylic acids is 1. The smallest absolute Gasteiger partial charge is 0.164 e. The third-order valence-electron chi connectivity index (χ3n) is 2.17. The molecule has 0 fully saturated rings. The molecule has 0 aromatic rings. The summed E-state index contributed by atoms with van der Waals surface area (Å²) in [6.07, 6.45) is 6.61. The topological polar surface area (TPSA) is 29.1 Å². The Morgan fingerprint density at radius 1 is 1.45 bits per heavy atom. The van der Waals surface area contributed by atoms with E-state index >= 15 is 0 Å². The van der Waals surface area contributed by atoms with Crippen molar-refractivity contribution in [2.24, 2.45) is 0 Å². The Bertz CT molecular complexity index is 250. The second kappa shape index (κ2) is 2.53. The van der Waals surface area contributed by atoms with E-state index in [-0.39, 0.29) is 0 Å². The molecule has 11 heavy (non-hydrogen) atoms. The summed E-state index contributed by atoms with van der Waals surface area (Å²) in [5.74, 6) is 0.301. The van der Waals surface area contributed by atoms with Crippen molar-refractivity contribution >= 4 is 5.78 Å². The zero-order chi connectivity index (χ0) is 7.68. The first-order valence-corrected chi connectivity index (χ1v) is 4.05. The summed E-state index contributed by atoms with van der Waals surface area (Å²) < 4.78 is 0. The highest BCUT2D eigenvalue weighted by atomic mass is 16.1. The summed E-state index contributed by atoms with van der Waals surface area (Å²) in [4.78, 5) is 11.3. The number of hydrogen-bond donors (Lipinski definition) is 1. The number of nitrogens with one attached hydrogen (secondary N) is 1. The van der Waals surface area contributed by atoms with E-state index in [4.69, 9.17) is 0 Å². The number of Topliss-reactive ketones (excluding diaryl/α,β-unsaturated/α-hetero) is 1. The molecule has 2 heteroatoms. The van der Waals surface area contributed by atoms with Crippen LogP contribution in [0.15, 0.2) is 23.4 Å². The van der Waals surface area contributed by atoms with Crippen molar-refractivity contribution in [1.29, 1.82) is 0 Å². The molecule has 0 atom stereocenters. The average Bonchev–Trinajstić information content (AvgIpc) is 2.06. The van der Waals surface area contributed by atoms with Crippen LogP contribution in [0.25, 0.3) is 0 Å². The summed E-state index contributed by atoms with van der Waals surface area (Å²) in [7, 11) is 0. The highest BCUT2D eigenvalue weighted by molar-refractivity contribution is 5.98. The SMILES string of the molecule is O=C1CC=CC2=C1CCCN2. The number of hydrogen-bond acceptors (Lipinski definition) is 2. The van der Waals surface area contributed by atoms with Gasteiger partial charge in [-0.05, 0) is 18.9 Å². The van der Waals surface area contributed by atoms with Crippen molar-refractivity contribution in [3.63, 3.8) is 0 Å². The Hall–Kier alpha value is -1.05. The predicted molar refractivity (Wildman–Crippen MR) is 43.0 cm³/mol. The number of rotatable bonds is 0. The molecule has 2 nitrogen and oxygen atoms in total. The van der Waals surface area contributed by atoms with Gasteiger partial charge in [0.1, 0.15) is 0 Å². The van der Waals surface area contributed by atoms with Crippen LogP contribution in [0.4, 0.5) is 0 Å². The first kappa shape index (κ1) is 6.65. The van der Waals surface area contributed by atoms with E-state index in [1.54, 1.807) is 0 Å². The van der Waals surface area contributed by atoms with Gasteiger partial charge in [-0.25, -0.2) is 0 Å². The molecule has 58 valence electrons. The second-order valence-corrected chi connectivity index (χ2v) is 2.95. The van der Waals surface area contributed by atoms with Crippen molar-refractivity contribution in [2.75, 3.05) is 6.54 Å². The first-order valence-electron chi connectivity index (χ1n) is 4.05. The van der Waals surface area contributed by atoms with Gasteiger partial charge in [0.25, 0.3) is 0 Å². The van der Waals surface area contributed by atoms with Gasteiger partial charge in [0.2, 0.25) is 0 Å². The van der Waals surface area contributed by atoms with E-state index < -0.39 is 0 Å². The van der Waals surface area contributed by atoms with Crippen molar-refractivity contribution in [1.82, 2.24) is 5.32 Å². The summed E-state index contributed by atoms with van der Waals surface area (Å²) in [5, 5.41) is 3.22. The molecule has 0 aromatic carbocycles. The molecular formula is C9H11NO. The maximum atomic E-state index is 11.3. The van der Waals surface area contributed by atoms with Gasteiger partial charge in [-0.1, -0.05) is 6.08 Å². The van der Waals surface area contributed by atoms with Crippen LogP contribution in [0, 0.1) is 0 Å². The van der Waals surface area contributed by atoms with Crippen LogP contribution in [-0.2, 0) is 4.79 Å². The maximum absolute atomic E-state index is 11.3. The molecule has 1 N–H and O–H groups in total. The standard InChI is InChI=1S/C9H11NO/c11-9-5-1-4-8-7(9)3-2-6-10-8/h1,4,10H,2-3,5-6H2. The van der Waals surface area contributed by atoms with Gasteiger partial charge in [0.15, 0.2) is 5.78 Å². The van der Waals surface area contributed by atoms with Gasteiger partial charge < -0.3 is 5.32 Å². The monoisotopic (exact) mass is 149 g/mol. The van der Waals surface area contributed by atoms with Gasteiger partial charge in [-0.3, -0.25) is 4.79 Å². The van der Waals surface area contributed by atoms with E-state index in [1.165, 1.54) is 0 Å². The van der Waals surface area contributed by atoms with Gasteiger partial charge in [0.05, 0.1) is 0 Å². The third-order valence-corrected chi connectivity index (χ3v) is 2.17. The fraction of sp³-hybridized carbons (Fsp3) is 0.444. The fourth-order valence-corrected chi connectivity index (χ4v) is 1.59. The number of carbonyl (C=O) groups is 1. The van der Waals surface area contributed by atoms with Crippen LogP contribution < -0.4 is 5.32 Å². The normalized spacial score (nSPS) is 23.1. The minimum Gasteiger partial charge on any atom is -0.385 e. The predicted octanol–water partition coefficient (Wildman–Crippen LogP) is 1.15. The Kier molecular flexibility index (Phi) is 1.53. The quantitative estimate of drug-likeness (QED) is 0.560. The maximum Gasteiger partial charge on any atom is 0.164 e. The molecule has 0 bridgehead atoms. The fourth-order valence-electron chi connectivity index (χ4n) is 1.59.